The number of phenolic OH excluding ortho intramolecular Hbond substituents is 1. The number of piperidine rings is 1. The van der Waals surface area contributed by atoms with Crippen molar-refractivity contribution in [3.05, 3.63) is 108 Å². The summed E-state index contributed by atoms with van der Waals surface area (Å²) in [6.07, 6.45) is 4.84. The van der Waals surface area contributed by atoms with Crippen molar-refractivity contribution in [1.82, 2.24) is 9.88 Å². The van der Waals surface area contributed by atoms with Crippen LogP contribution in [-0.4, -0.2) is 40.9 Å². The number of nitrogens with two attached hydrogens (primary N) is 1. The Morgan fingerprint density at radius 3 is 2.31 bits per heavy atom. The summed E-state index contributed by atoms with van der Waals surface area (Å²) in [5.41, 5.74) is 10.1. The minimum Gasteiger partial charge on any atom is -0.508 e. The lowest BCUT2D eigenvalue weighted by Crippen LogP contribution is -2.39. The number of rotatable bonds is 11. The van der Waals surface area contributed by atoms with Crippen molar-refractivity contribution in [3.8, 4) is 17.4 Å². The highest BCUT2D eigenvalue weighted by atomic mass is 16.5. The second-order valence-corrected chi connectivity index (χ2v) is 10.0. The predicted octanol–water partition coefficient (Wildman–Crippen LogP) is 6.07. The maximum Gasteiger partial charge on any atom is 0.219 e. The minimum absolute atomic E-state index is 0.100. The van der Waals surface area contributed by atoms with Crippen LogP contribution in [0.15, 0.2) is 97.2 Å². The number of hydrogen-bond acceptors (Lipinski definition) is 7. The lowest BCUT2D eigenvalue weighted by Gasteiger charge is -2.36. The number of pyridine rings is 1. The Morgan fingerprint density at radius 1 is 0.897 bits per heavy atom. The Bertz CT molecular complexity index is 1270. The van der Waals surface area contributed by atoms with E-state index in [4.69, 9.17) is 15.2 Å². The van der Waals surface area contributed by atoms with E-state index >= 15 is 0 Å². The number of likely N-dealkylation sites (tertiary alicyclic amines) is 1. The topological polar surface area (TPSA) is 92.9 Å². The van der Waals surface area contributed by atoms with Gasteiger partial charge in [0.1, 0.15) is 18.2 Å². The molecule has 1 aliphatic heterocycles. The van der Waals surface area contributed by atoms with E-state index in [9.17, 15) is 5.11 Å². The molecule has 4 aromatic rings. The summed E-state index contributed by atoms with van der Waals surface area (Å²) in [7, 11) is 0. The zero-order chi connectivity index (χ0) is 26.9. The van der Waals surface area contributed by atoms with Crippen molar-refractivity contribution < 1.29 is 14.6 Å². The number of hydrogen-bond donors (Lipinski definition) is 3. The number of nitrogen functional groups attached to an aromatic ring is 1. The van der Waals surface area contributed by atoms with Crippen LogP contribution < -0.4 is 15.8 Å². The molecule has 2 heterocycles. The normalized spacial score (nSPS) is 15.1. The van der Waals surface area contributed by atoms with E-state index in [0.717, 1.165) is 56.0 Å². The number of anilines is 2. The van der Waals surface area contributed by atoms with Gasteiger partial charge in [0.25, 0.3) is 0 Å². The monoisotopic (exact) mass is 524 g/mol. The van der Waals surface area contributed by atoms with Crippen LogP contribution in [0.1, 0.15) is 24.0 Å². The Labute approximate surface area is 230 Å². The van der Waals surface area contributed by atoms with Crippen molar-refractivity contribution in [2.24, 2.45) is 5.92 Å². The van der Waals surface area contributed by atoms with Crippen LogP contribution in [0.3, 0.4) is 0 Å². The lowest BCUT2D eigenvalue weighted by atomic mass is 9.87. The molecule has 7 heteroatoms. The van der Waals surface area contributed by atoms with Gasteiger partial charge in [-0.25, -0.2) is 4.98 Å². The van der Waals surface area contributed by atoms with E-state index in [-0.39, 0.29) is 11.9 Å². The Balaban J connectivity index is 1.14. The van der Waals surface area contributed by atoms with Crippen molar-refractivity contribution in [2.75, 3.05) is 30.9 Å². The molecular formula is C32H36N4O3. The van der Waals surface area contributed by atoms with Crippen LogP contribution in [0.2, 0.25) is 0 Å². The van der Waals surface area contributed by atoms with Gasteiger partial charge in [0.2, 0.25) is 5.88 Å². The number of benzene rings is 3. The van der Waals surface area contributed by atoms with Crippen molar-refractivity contribution >= 4 is 11.4 Å². The Hall–Kier alpha value is -4.07. The first-order valence-electron chi connectivity index (χ1n) is 13.5. The van der Waals surface area contributed by atoms with E-state index in [1.165, 1.54) is 11.1 Å². The van der Waals surface area contributed by atoms with Crippen LogP contribution in [-0.2, 0) is 17.7 Å². The van der Waals surface area contributed by atoms with E-state index in [2.05, 4.69) is 39.5 Å². The number of ether oxygens (including phenoxy) is 2. The second kappa shape index (κ2) is 13.1. The van der Waals surface area contributed by atoms with Gasteiger partial charge in [-0.15, -0.1) is 0 Å². The van der Waals surface area contributed by atoms with E-state index in [1.807, 2.05) is 54.6 Å². The summed E-state index contributed by atoms with van der Waals surface area (Å²) in [4.78, 5) is 6.73. The van der Waals surface area contributed by atoms with Crippen molar-refractivity contribution in [1.29, 1.82) is 0 Å². The molecule has 1 aromatic heterocycles. The smallest absolute Gasteiger partial charge is 0.219 e. The average Bonchev–Trinajstić information content (AvgIpc) is 2.97. The third-order valence-electron chi connectivity index (χ3n) is 7.21. The van der Waals surface area contributed by atoms with Crippen LogP contribution in [0.5, 0.6) is 17.4 Å². The maximum atomic E-state index is 9.53. The summed E-state index contributed by atoms with van der Waals surface area (Å²) < 4.78 is 12.2. The minimum atomic E-state index is 0.100. The number of aromatic hydroxyl groups is 1. The summed E-state index contributed by atoms with van der Waals surface area (Å²) in [5, 5.41) is 12.8. The molecule has 39 heavy (non-hydrogen) atoms. The number of nitrogens with zero attached hydrogens (tertiary/aromatic N) is 2. The highest BCUT2D eigenvalue weighted by Crippen LogP contribution is 2.27. The Morgan fingerprint density at radius 2 is 1.62 bits per heavy atom. The molecule has 0 spiro atoms. The molecule has 1 unspecified atom stereocenters. The maximum absolute atomic E-state index is 9.53. The highest BCUT2D eigenvalue weighted by molar-refractivity contribution is 5.45. The van der Waals surface area contributed by atoms with Gasteiger partial charge in [-0.05, 0) is 104 Å². The molecule has 1 aliphatic rings. The number of nitrogens with one attached hydrogen (secondary N) is 1. The van der Waals surface area contributed by atoms with Gasteiger partial charge in [-0.1, -0.05) is 30.3 Å². The molecule has 1 fully saturated rings. The van der Waals surface area contributed by atoms with Crippen molar-refractivity contribution in [2.45, 2.75) is 31.9 Å². The first-order chi connectivity index (χ1) is 19.1. The molecule has 1 atom stereocenters. The molecule has 0 aliphatic carbocycles. The summed E-state index contributed by atoms with van der Waals surface area (Å²) in [6, 6.07) is 29.1. The summed E-state index contributed by atoms with van der Waals surface area (Å²) in [5.74, 6) is 2.11. The average molecular weight is 525 g/mol. The standard InChI is InChI=1S/C32H36N4O3/c33-27-8-4-24(5-9-27)21-31(38-23-35-28-10-12-29(37)13-11-28)26-16-19-36(20-17-26)22-25-6-14-30(15-7-25)39-32-3-1-2-18-34-32/h1-15,18,26,31,35,37H,16-17,19-23,33H2. The molecule has 3 aromatic carbocycles. The predicted molar refractivity (Wildman–Crippen MR) is 155 cm³/mol. The zero-order valence-corrected chi connectivity index (χ0v) is 22.1. The quantitative estimate of drug-likeness (QED) is 0.125. The summed E-state index contributed by atoms with van der Waals surface area (Å²) >= 11 is 0. The molecule has 0 saturated carbocycles. The van der Waals surface area contributed by atoms with E-state index < -0.39 is 0 Å². The fourth-order valence-electron chi connectivity index (χ4n) is 4.99. The largest absolute Gasteiger partial charge is 0.508 e. The van der Waals surface area contributed by atoms with Gasteiger partial charge in [0.15, 0.2) is 0 Å². The molecule has 202 valence electrons. The zero-order valence-electron chi connectivity index (χ0n) is 22.1. The molecular weight excluding hydrogens is 488 g/mol. The summed E-state index contributed by atoms with van der Waals surface area (Å²) in [6.45, 7) is 3.40. The third-order valence-corrected chi connectivity index (χ3v) is 7.21. The van der Waals surface area contributed by atoms with Crippen LogP contribution in [0, 0.1) is 5.92 Å². The molecule has 5 rings (SSSR count). The third kappa shape index (κ3) is 7.96. The SMILES string of the molecule is Nc1ccc(CC(OCNc2ccc(O)cc2)C2CCN(Cc3ccc(Oc4ccccn4)cc3)CC2)cc1. The van der Waals surface area contributed by atoms with E-state index in [0.29, 0.717) is 18.5 Å². The van der Waals surface area contributed by atoms with E-state index in [1.54, 1.807) is 18.3 Å². The van der Waals surface area contributed by atoms with Gasteiger partial charge < -0.3 is 25.6 Å². The first kappa shape index (κ1) is 26.5. The fourth-order valence-corrected chi connectivity index (χ4v) is 4.99. The first-order valence-corrected chi connectivity index (χ1v) is 13.5. The highest BCUT2D eigenvalue weighted by Gasteiger charge is 2.27. The number of aromatic nitrogens is 1. The molecule has 4 N–H and O–H groups in total. The van der Waals surface area contributed by atoms with Crippen molar-refractivity contribution in [3.63, 3.8) is 0 Å². The molecule has 0 bridgehead atoms. The molecule has 0 amide bonds. The fraction of sp³-hybridized carbons (Fsp3) is 0.281. The van der Waals surface area contributed by atoms with Gasteiger partial charge in [-0.3, -0.25) is 4.90 Å². The molecule has 1 saturated heterocycles. The van der Waals surface area contributed by atoms with Crippen LogP contribution in [0.4, 0.5) is 11.4 Å². The van der Waals surface area contributed by atoms with Gasteiger partial charge in [-0.2, -0.15) is 0 Å². The lowest BCUT2D eigenvalue weighted by molar-refractivity contribution is -0.00157. The molecule has 0 radical (unpaired) electrons. The van der Waals surface area contributed by atoms with Crippen LogP contribution in [0.25, 0.3) is 0 Å². The Kier molecular flexibility index (Phi) is 8.94. The number of phenols is 1. The van der Waals surface area contributed by atoms with Crippen LogP contribution >= 0.6 is 0 Å². The van der Waals surface area contributed by atoms with Gasteiger partial charge in [0, 0.05) is 30.2 Å². The molecule has 7 nitrogen and oxygen atoms in total. The second-order valence-electron chi connectivity index (χ2n) is 10.0. The van der Waals surface area contributed by atoms with Gasteiger partial charge >= 0.3 is 0 Å². The van der Waals surface area contributed by atoms with Gasteiger partial charge in [0.05, 0.1) is 6.10 Å².